The predicted octanol–water partition coefficient (Wildman–Crippen LogP) is 2.70. The molecule has 1 aromatic carbocycles. The molecule has 0 saturated carbocycles. The second-order valence-corrected chi connectivity index (χ2v) is 5.07. The third-order valence-electron chi connectivity index (χ3n) is 2.89. The Labute approximate surface area is 135 Å². The van der Waals surface area contributed by atoms with E-state index in [0.717, 1.165) is 6.20 Å². The van der Waals surface area contributed by atoms with Crippen molar-refractivity contribution in [1.82, 2.24) is 5.32 Å². The van der Waals surface area contributed by atoms with Crippen LogP contribution in [0.2, 0.25) is 10.2 Å². The Hall–Kier alpha value is -2.05. The van der Waals surface area contributed by atoms with Gasteiger partial charge in [0, 0.05) is 12.6 Å². The highest BCUT2D eigenvalue weighted by Crippen LogP contribution is 2.21. The molecule has 0 aliphatic rings. The maximum absolute atomic E-state index is 13.6. The number of carbonyl (C=O) groups excluding carboxylic acids is 1. The number of benzene rings is 1. The normalized spacial score (nSPS) is 10.4. The van der Waals surface area contributed by atoms with Crippen molar-refractivity contribution in [2.24, 2.45) is 0 Å². The number of hydrogen-bond acceptors (Lipinski definition) is 3. The topological polar surface area (TPSA) is 65.3 Å². The number of carbonyl (C=O) groups is 1. The number of rotatable bonds is 4. The zero-order valence-electron chi connectivity index (χ0n) is 11.4. The first-order valence-electron chi connectivity index (χ1n) is 6.11. The van der Waals surface area contributed by atoms with E-state index in [0.29, 0.717) is 10.3 Å². The van der Waals surface area contributed by atoms with Crippen LogP contribution in [-0.4, -0.2) is 13.0 Å². The first-order valence-corrected chi connectivity index (χ1v) is 6.87. The van der Waals surface area contributed by atoms with Crippen LogP contribution in [0.25, 0.3) is 0 Å². The van der Waals surface area contributed by atoms with Crippen molar-refractivity contribution < 1.29 is 18.7 Å². The number of amides is 1. The molecule has 1 heterocycles. The Bertz CT molecular complexity index is 725. The summed E-state index contributed by atoms with van der Waals surface area (Å²) < 4.78 is 18.7. The fraction of sp³-hybridized carbons (Fsp3) is 0.143. The molecule has 1 N–H and O–H groups in total. The van der Waals surface area contributed by atoms with Gasteiger partial charge in [-0.1, -0.05) is 17.7 Å². The van der Waals surface area contributed by atoms with Gasteiger partial charge < -0.3 is 15.3 Å². The second kappa shape index (κ2) is 6.81. The van der Waals surface area contributed by atoms with E-state index in [4.69, 9.17) is 27.9 Å². The fourth-order valence-electron chi connectivity index (χ4n) is 1.78. The smallest absolute Gasteiger partial charge is 0.300 e. The van der Waals surface area contributed by atoms with Crippen molar-refractivity contribution in [3.8, 4) is 5.75 Å². The third kappa shape index (κ3) is 3.40. The van der Waals surface area contributed by atoms with Crippen LogP contribution in [-0.2, 0) is 6.54 Å². The average molecular weight is 345 g/mol. The molecule has 116 valence electrons. The molecule has 22 heavy (non-hydrogen) atoms. The van der Waals surface area contributed by atoms with Gasteiger partial charge in [0.25, 0.3) is 5.91 Å². The molecular weight excluding hydrogens is 334 g/mol. The van der Waals surface area contributed by atoms with Gasteiger partial charge in [0.2, 0.25) is 0 Å². The summed E-state index contributed by atoms with van der Waals surface area (Å²) in [5, 5.41) is 13.6. The molecular formula is C14H11Cl2FN2O3. The zero-order valence-corrected chi connectivity index (χ0v) is 12.9. The third-order valence-corrected chi connectivity index (χ3v) is 3.56. The number of nitrogens with zero attached hydrogens (tertiary/aromatic N) is 1. The monoisotopic (exact) mass is 344 g/mol. The minimum atomic E-state index is -0.628. The lowest BCUT2D eigenvalue weighted by atomic mass is 10.2. The maximum atomic E-state index is 13.6. The van der Waals surface area contributed by atoms with E-state index < -0.39 is 11.7 Å². The quantitative estimate of drug-likeness (QED) is 0.526. The maximum Gasteiger partial charge on any atom is 0.300 e. The van der Waals surface area contributed by atoms with Crippen LogP contribution in [0.3, 0.4) is 0 Å². The Balaban J connectivity index is 2.14. The minimum Gasteiger partial charge on any atom is -0.618 e. The molecule has 8 heteroatoms. The molecule has 0 aliphatic carbocycles. The molecule has 0 saturated heterocycles. The molecule has 0 bridgehead atoms. The average Bonchev–Trinajstić information content (AvgIpc) is 2.49. The minimum absolute atomic E-state index is 0.0418. The van der Waals surface area contributed by atoms with Crippen LogP contribution in [0, 0.1) is 11.0 Å². The molecule has 0 radical (unpaired) electrons. The molecule has 5 nitrogen and oxygen atoms in total. The van der Waals surface area contributed by atoms with E-state index in [1.165, 1.54) is 25.3 Å². The van der Waals surface area contributed by atoms with E-state index in [1.54, 1.807) is 6.07 Å². The largest absolute Gasteiger partial charge is 0.618 e. The van der Waals surface area contributed by atoms with E-state index in [1.807, 2.05) is 0 Å². The van der Waals surface area contributed by atoms with Crippen molar-refractivity contribution in [1.29, 1.82) is 0 Å². The van der Waals surface area contributed by atoms with Crippen molar-refractivity contribution in [2.75, 3.05) is 7.11 Å². The Morgan fingerprint density at radius 3 is 2.77 bits per heavy atom. The number of pyridine rings is 1. The Morgan fingerprint density at radius 1 is 1.41 bits per heavy atom. The fourth-order valence-corrected chi connectivity index (χ4v) is 2.31. The Kier molecular flexibility index (Phi) is 5.05. The number of nitrogens with one attached hydrogen (secondary N) is 1. The van der Waals surface area contributed by atoms with Crippen LogP contribution < -0.4 is 14.8 Å². The van der Waals surface area contributed by atoms with Crippen LogP contribution in [0.15, 0.2) is 30.5 Å². The number of halogens is 3. The van der Waals surface area contributed by atoms with Gasteiger partial charge in [-0.25, -0.2) is 4.39 Å². The van der Waals surface area contributed by atoms with Gasteiger partial charge in [0.1, 0.15) is 5.56 Å². The summed E-state index contributed by atoms with van der Waals surface area (Å²) in [7, 11) is 1.36. The lowest BCUT2D eigenvalue weighted by Gasteiger charge is -2.09. The van der Waals surface area contributed by atoms with E-state index in [-0.39, 0.29) is 28.0 Å². The Morgan fingerprint density at radius 2 is 2.14 bits per heavy atom. The van der Waals surface area contributed by atoms with Crippen molar-refractivity contribution in [2.45, 2.75) is 6.54 Å². The van der Waals surface area contributed by atoms with Crippen LogP contribution in [0.1, 0.15) is 15.9 Å². The van der Waals surface area contributed by atoms with E-state index in [2.05, 4.69) is 5.32 Å². The summed E-state index contributed by atoms with van der Waals surface area (Å²) >= 11 is 11.6. The summed E-state index contributed by atoms with van der Waals surface area (Å²) in [4.78, 5) is 12.1. The van der Waals surface area contributed by atoms with Crippen molar-refractivity contribution in [3.63, 3.8) is 0 Å². The molecule has 1 amide bonds. The molecule has 2 rings (SSSR count). The van der Waals surface area contributed by atoms with E-state index in [9.17, 15) is 14.4 Å². The standard InChI is InChI=1S/C14H11Cl2FN2O3/c1-22-11-3-2-8(6-10(11)17)7-18-14(20)12-9(15)4-5-19(21)13(12)16/h2-6H,7H2,1H3,(H,18,20). The summed E-state index contributed by atoms with van der Waals surface area (Å²) in [5.74, 6) is -1.06. The molecule has 0 aliphatic heterocycles. The number of methoxy groups -OCH3 is 1. The van der Waals surface area contributed by atoms with E-state index >= 15 is 0 Å². The van der Waals surface area contributed by atoms with Crippen molar-refractivity contribution >= 4 is 29.1 Å². The lowest BCUT2D eigenvalue weighted by molar-refractivity contribution is -0.603. The summed E-state index contributed by atoms with van der Waals surface area (Å²) in [6.45, 7) is 0.0418. The first kappa shape index (κ1) is 16.3. The lowest BCUT2D eigenvalue weighted by Crippen LogP contribution is -2.32. The number of hydrogen-bond donors (Lipinski definition) is 1. The second-order valence-electron chi connectivity index (χ2n) is 4.31. The molecule has 0 atom stereocenters. The zero-order chi connectivity index (χ0) is 16.3. The van der Waals surface area contributed by atoms with Gasteiger partial charge in [-0.3, -0.25) is 4.79 Å². The van der Waals surface area contributed by atoms with Crippen LogP contribution in [0.4, 0.5) is 4.39 Å². The van der Waals surface area contributed by atoms with Crippen LogP contribution >= 0.6 is 23.2 Å². The molecule has 0 fully saturated rings. The molecule has 0 spiro atoms. The number of aromatic nitrogens is 1. The highest BCUT2D eigenvalue weighted by Gasteiger charge is 2.21. The SMILES string of the molecule is COc1ccc(CNC(=O)c2c(Cl)cc[n+]([O-])c2Cl)cc1F. The van der Waals surface area contributed by atoms with Gasteiger partial charge in [0.05, 0.1) is 12.1 Å². The van der Waals surface area contributed by atoms with Gasteiger partial charge in [-0.15, -0.1) is 0 Å². The highest BCUT2D eigenvalue weighted by molar-refractivity contribution is 6.38. The van der Waals surface area contributed by atoms with Crippen molar-refractivity contribution in [3.05, 3.63) is 62.8 Å². The summed E-state index contributed by atoms with van der Waals surface area (Å²) in [6.07, 6.45) is 1.10. The summed E-state index contributed by atoms with van der Waals surface area (Å²) in [5.41, 5.74) is 0.389. The van der Waals surface area contributed by atoms with Gasteiger partial charge >= 0.3 is 5.15 Å². The van der Waals surface area contributed by atoms with Gasteiger partial charge in [-0.2, -0.15) is 4.73 Å². The molecule has 1 aromatic heterocycles. The predicted molar refractivity (Wildman–Crippen MR) is 79.5 cm³/mol. The summed E-state index contributed by atoms with van der Waals surface area (Å²) in [6, 6.07) is 5.55. The van der Waals surface area contributed by atoms with Gasteiger partial charge in [0.15, 0.2) is 17.8 Å². The molecule has 0 unspecified atom stereocenters. The van der Waals surface area contributed by atoms with Crippen LogP contribution in [0.5, 0.6) is 5.75 Å². The number of ether oxygens (including phenoxy) is 1. The highest BCUT2D eigenvalue weighted by atomic mass is 35.5. The molecule has 2 aromatic rings. The first-order chi connectivity index (χ1) is 10.4. The van der Waals surface area contributed by atoms with Gasteiger partial charge in [-0.05, 0) is 29.3 Å².